The number of hydrogen-bond donors (Lipinski definition) is 2. The van der Waals surface area contributed by atoms with E-state index in [1.54, 1.807) is 6.07 Å². The van der Waals surface area contributed by atoms with Crippen LogP contribution in [0.15, 0.2) is 48.5 Å². The second kappa shape index (κ2) is 11.4. The van der Waals surface area contributed by atoms with Crippen molar-refractivity contribution in [3.63, 3.8) is 0 Å². The Morgan fingerprint density at radius 2 is 1.66 bits per heavy atom. The number of anilines is 1. The van der Waals surface area contributed by atoms with Gasteiger partial charge < -0.3 is 16.0 Å². The number of rotatable bonds is 7. The number of carbonyl (C=O) groups is 2. The minimum Gasteiger partial charge on any atom is -0.335 e. The highest BCUT2D eigenvalue weighted by Crippen LogP contribution is 2.31. The topological polar surface area (TPSA) is 119 Å². The summed E-state index contributed by atoms with van der Waals surface area (Å²) in [6.45, 7) is 0.510. The van der Waals surface area contributed by atoms with Gasteiger partial charge in [0.1, 0.15) is 0 Å². The SMILES string of the molecule is NC1CCC(N(Cc2cccc(NC(=O)c3ccc([N+](=O)[O-])cc3)c2)C(=O)C2CCCCC2)CC1. The molecule has 2 saturated carbocycles. The average molecular weight is 479 g/mol. The smallest absolute Gasteiger partial charge is 0.269 e. The van der Waals surface area contributed by atoms with E-state index in [0.717, 1.165) is 56.9 Å². The number of benzene rings is 2. The van der Waals surface area contributed by atoms with Crippen LogP contribution in [0, 0.1) is 16.0 Å². The zero-order valence-corrected chi connectivity index (χ0v) is 20.0. The fourth-order valence-corrected chi connectivity index (χ4v) is 5.27. The Hall–Kier alpha value is -3.26. The fourth-order valence-electron chi connectivity index (χ4n) is 5.27. The largest absolute Gasteiger partial charge is 0.335 e. The molecule has 186 valence electrons. The number of nitrogens with two attached hydrogens (primary N) is 1. The lowest BCUT2D eigenvalue weighted by Crippen LogP contribution is -2.46. The van der Waals surface area contributed by atoms with Gasteiger partial charge in [0.05, 0.1) is 4.92 Å². The minimum atomic E-state index is -0.495. The van der Waals surface area contributed by atoms with Crippen molar-refractivity contribution in [2.24, 2.45) is 11.7 Å². The maximum atomic E-state index is 13.6. The second-order valence-electron chi connectivity index (χ2n) is 9.83. The summed E-state index contributed by atoms with van der Waals surface area (Å²) in [6.07, 6.45) is 9.09. The van der Waals surface area contributed by atoms with Crippen molar-refractivity contribution in [2.75, 3.05) is 5.32 Å². The lowest BCUT2D eigenvalue weighted by Gasteiger charge is -2.39. The molecule has 8 nitrogen and oxygen atoms in total. The number of carbonyl (C=O) groups excluding carboxylic acids is 2. The molecule has 2 amide bonds. The number of non-ortho nitro benzene ring substituents is 1. The minimum absolute atomic E-state index is 0.0602. The number of nitro groups is 1. The molecule has 2 fully saturated rings. The van der Waals surface area contributed by atoms with Gasteiger partial charge >= 0.3 is 0 Å². The van der Waals surface area contributed by atoms with Gasteiger partial charge in [0.25, 0.3) is 11.6 Å². The third kappa shape index (κ3) is 6.45. The second-order valence-corrected chi connectivity index (χ2v) is 9.83. The van der Waals surface area contributed by atoms with E-state index in [4.69, 9.17) is 5.73 Å². The molecule has 2 aromatic carbocycles. The fraction of sp³-hybridized carbons (Fsp3) is 0.481. The molecular formula is C27H34N4O4. The van der Waals surface area contributed by atoms with Gasteiger partial charge in [-0.15, -0.1) is 0 Å². The van der Waals surface area contributed by atoms with E-state index in [9.17, 15) is 19.7 Å². The number of amides is 2. The first-order chi connectivity index (χ1) is 16.9. The highest BCUT2D eigenvalue weighted by molar-refractivity contribution is 6.04. The van der Waals surface area contributed by atoms with Crippen molar-refractivity contribution in [1.29, 1.82) is 0 Å². The molecule has 0 saturated heterocycles. The Morgan fingerprint density at radius 3 is 2.31 bits per heavy atom. The van der Waals surface area contributed by atoms with E-state index in [1.165, 1.54) is 30.7 Å². The molecule has 4 rings (SSSR count). The standard InChI is InChI=1S/C27H34N4O4/c28-22-11-15-24(16-12-22)30(27(33)21-6-2-1-3-7-21)18-19-5-4-8-23(17-19)29-26(32)20-9-13-25(14-10-20)31(34)35/h4-5,8-10,13-14,17,21-22,24H,1-3,6-7,11-12,15-16,18,28H2,(H,29,32). The van der Waals surface area contributed by atoms with Crippen LogP contribution in [0.2, 0.25) is 0 Å². The summed E-state index contributed by atoms with van der Waals surface area (Å²) in [5, 5.41) is 13.7. The van der Waals surface area contributed by atoms with Gasteiger partial charge in [0, 0.05) is 47.9 Å². The summed E-state index contributed by atoms with van der Waals surface area (Å²) < 4.78 is 0. The summed E-state index contributed by atoms with van der Waals surface area (Å²) in [5.41, 5.74) is 8.00. The summed E-state index contributed by atoms with van der Waals surface area (Å²) in [7, 11) is 0. The Kier molecular flexibility index (Phi) is 8.13. The van der Waals surface area contributed by atoms with Crippen molar-refractivity contribution < 1.29 is 14.5 Å². The zero-order chi connectivity index (χ0) is 24.8. The predicted octanol–water partition coefficient (Wildman–Crippen LogP) is 5.03. The molecule has 8 heteroatoms. The van der Waals surface area contributed by atoms with E-state index >= 15 is 0 Å². The van der Waals surface area contributed by atoms with Gasteiger partial charge in [-0.05, 0) is 68.4 Å². The highest BCUT2D eigenvalue weighted by atomic mass is 16.6. The summed E-state index contributed by atoms with van der Waals surface area (Å²) in [5.74, 6) is 0.0170. The van der Waals surface area contributed by atoms with E-state index in [0.29, 0.717) is 17.8 Å². The van der Waals surface area contributed by atoms with Gasteiger partial charge in [-0.2, -0.15) is 0 Å². The van der Waals surface area contributed by atoms with Crippen molar-refractivity contribution in [1.82, 2.24) is 4.90 Å². The van der Waals surface area contributed by atoms with Crippen LogP contribution in [0.3, 0.4) is 0 Å². The molecule has 2 aromatic rings. The lowest BCUT2D eigenvalue weighted by molar-refractivity contribution is -0.384. The van der Waals surface area contributed by atoms with Crippen LogP contribution in [-0.4, -0.2) is 33.7 Å². The first-order valence-corrected chi connectivity index (χ1v) is 12.6. The third-order valence-electron chi connectivity index (χ3n) is 7.30. The monoisotopic (exact) mass is 478 g/mol. The molecule has 0 radical (unpaired) electrons. The van der Waals surface area contributed by atoms with Crippen molar-refractivity contribution >= 4 is 23.2 Å². The first-order valence-electron chi connectivity index (χ1n) is 12.6. The Balaban J connectivity index is 1.47. The van der Waals surface area contributed by atoms with E-state index in [2.05, 4.69) is 10.2 Å². The molecule has 0 heterocycles. The van der Waals surface area contributed by atoms with Crippen LogP contribution in [0.25, 0.3) is 0 Å². The summed E-state index contributed by atoms with van der Waals surface area (Å²) in [4.78, 5) is 38.7. The molecule has 2 aliphatic carbocycles. The molecule has 0 atom stereocenters. The average Bonchev–Trinajstić information content (AvgIpc) is 2.88. The number of nitrogens with one attached hydrogen (secondary N) is 1. The van der Waals surface area contributed by atoms with Gasteiger partial charge in [-0.1, -0.05) is 31.4 Å². The maximum absolute atomic E-state index is 13.6. The van der Waals surface area contributed by atoms with Gasteiger partial charge in [0.2, 0.25) is 5.91 Å². The van der Waals surface area contributed by atoms with Crippen LogP contribution in [-0.2, 0) is 11.3 Å². The Labute approximate surface area is 206 Å². The molecule has 2 aliphatic rings. The molecule has 0 unspecified atom stereocenters. The molecule has 3 N–H and O–H groups in total. The molecule has 35 heavy (non-hydrogen) atoms. The Morgan fingerprint density at radius 1 is 0.971 bits per heavy atom. The third-order valence-corrected chi connectivity index (χ3v) is 7.30. The molecule has 0 aromatic heterocycles. The predicted molar refractivity (Wildman–Crippen MR) is 135 cm³/mol. The van der Waals surface area contributed by atoms with Gasteiger partial charge in [-0.3, -0.25) is 19.7 Å². The van der Waals surface area contributed by atoms with E-state index in [1.807, 2.05) is 18.2 Å². The highest BCUT2D eigenvalue weighted by Gasteiger charge is 2.32. The number of nitro benzene ring substituents is 1. The maximum Gasteiger partial charge on any atom is 0.269 e. The normalized spacial score (nSPS) is 20.7. The van der Waals surface area contributed by atoms with Gasteiger partial charge in [-0.25, -0.2) is 0 Å². The molecule has 0 spiro atoms. The van der Waals surface area contributed by atoms with Crippen LogP contribution >= 0.6 is 0 Å². The number of nitrogens with zero attached hydrogens (tertiary/aromatic N) is 2. The zero-order valence-electron chi connectivity index (χ0n) is 20.0. The van der Waals surface area contributed by atoms with Crippen LogP contribution in [0.1, 0.15) is 73.7 Å². The Bertz CT molecular complexity index is 1040. The van der Waals surface area contributed by atoms with Crippen LogP contribution in [0.4, 0.5) is 11.4 Å². The summed E-state index contributed by atoms with van der Waals surface area (Å²) >= 11 is 0. The number of hydrogen-bond acceptors (Lipinski definition) is 5. The van der Waals surface area contributed by atoms with Crippen molar-refractivity contribution in [3.05, 3.63) is 69.8 Å². The van der Waals surface area contributed by atoms with E-state index in [-0.39, 0.29) is 35.5 Å². The quantitative estimate of drug-likeness (QED) is 0.427. The van der Waals surface area contributed by atoms with E-state index < -0.39 is 4.92 Å². The molecule has 0 aliphatic heterocycles. The lowest BCUT2D eigenvalue weighted by atomic mass is 9.85. The van der Waals surface area contributed by atoms with Crippen molar-refractivity contribution in [3.8, 4) is 0 Å². The molecular weight excluding hydrogens is 444 g/mol. The summed E-state index contributed by atoms with van der Waals surface area (Å²) in [6, 6.07) is 13.5. The van der Waals surface area contributed by atoms with Crippen LogP contribution in [0.5, 0.6) is 0 Å². The first kappa shape index (κ1) is 24.9. The molecule has 0 bridgehead atoms. The van der Waals surface area contributed by atoms with Gasteiger partial charge in [0.15, 0.2) is 0 Å². The van der Waals surface area contributed by atoms with Crippen molar-refractivity contribution in [2.45, 2.75) is 76.4 Å². The van der Waals surface area contributed by atoms with Crippen LogP contribution < -0.4 is 11.1 Å².